The van der Waals surface area contributed by atoms with Gasteiger partial charge in [-0.25, -0.2) is 0 Å². The Morgan fingerprint density at radius 3 is 2.69 bits per heavy atom. The molecular formula is C20H19NO4S. The number of thioether (sulfide) groups is 1. The molecule has 0 radical (unpaired) electrons. The maximum Gasteiger partial charge on any atom is 0.326 e. The van der Waals surface area contributed by atoms with Gasteiger partial charge in [0.05, 0.1) is 11.0 Å². The van der Waals surface area contributed by atoms with Crippen LogP contribution in [-0.2, 0) is 14.3 Å². The van der Waals surface area contributed by atoms with E-state index in [2.05, 4.69) is 0 Å². The smallest absolute Gasteiger partial charge is 0.326 e. The van der Waals surface area contributed by atoms with Crippen molar-refractivity contribution >= 4 is 45.7 Å². The Bertz CT molecular complexity index is 900. The molecule has 3 rings (SSSR count). The van der Waals surface area contributed by atoms with Crippen molar-refractivity contribution in [3.8, 4) is 0 Å². The van der Waals surface area contributed by atoms with E-state index in [4.69, 9.17) is 4.74 Å². The molecule has 26 heavy (non-hydrogen) atoms. The number of amides is 2. The molecule has 0 aliphatic carbocycles. The highest BCUT2D eigenvalue weighted by Crippen LogP contribution is 2.33. The van der Waals surface area contributed by atoms with Crippen molar-refractivity contribution in [1.82, 2.24) is 4.90 Å². The van der Waals surface area contributed by atoms with Crippen LogP contribution in [-0.4, -0.2) is 34.7 Å². The van der Waals surface area contributed by atoms with Crippen LogP contribution in [0.1, 0.15) is 25.8 Å². The van der Waals surface area contributed by atoms with E-state index in [-0.39, 0.29) is 12.6 Å². The molecule has 0 bridgehead atoms. The normalized spacial score (nSPS) is 17.2. The van der Waals surface area contributed by atoms with Gasteiger partial charge in [-0.15, -0.1) is 0 Å². The number of rotatable bonds is 5. The molecule has 134 valence electrons. The molecule has 1 atom stereocenters. The van der Waals surface area contributed by atoms with Crippen LogP contribution < -0.4 is 0 Å². The predicted octanol–water partition coefficient (Wildman–Crippen LogP) is 4.22. The number of carbonyl (C=O) groups is 3. The van der Waals surface area contributed by atoms with Gasteiger partial charge in [0.15, 0.2) is 0 Å². The molecular weight excluding hydrogens is 350 g/mol. The Kier molecular flexibility index (Phi) is 5.42. The molecule has 1 heterocycles. The standard InChI is InChI=1S/C20H19NO4S/c1-3-13(2)25-18(22)12-21-19(23)17(26-20(21)24)11-15-9-6-8-14-7-4-5-10-16(14)15/h4-11,13H,3,12H2,1-2H3/b17-11+/t13-/m0/s1. The van der Waals surface area contributed by atoms with Crippen molar-refractivity contribution in [1.29, 1.82) is 0 Å². The summed E-state index contributed by atoms with van der Waals surface area (Å²) < 4.78 is 5.16. The van der Waals surface area contributed by atoms with Gasteiger partial charge in [-0.1, -0.05) is 49.4 Å². The number of ether oxygens (including phenoxy) is 1. The minimum atomic E-state index is -0.576. The van der Waals surface area contributed by atoms with E-state index in [0.717, 1.165) is 33.0 Å². The quantitative estimate of drug-likeness (QED) is 0.583. The van der Waals surface area contributed by atoms with E-state index >= 15 is 0 Å². The Labute approximate surface area is 156 Å². The van der Waals surface area contributed by atoms with E-state index < -0.39 is 17.1 Å². The second-order valence-electron chi connectivity index (χ2n) is 6.04. The highest BCUT2D eigenvalue weighted by Gasteiger charge is 2.36. The molecule has 1 fully saturated rings. The van der Waals surface area contributed by atoms with Crippen LogP contribution in [0.4, 0.5) is 4.79 Å². The van der Waals surface area contributed by atoms with Gasteiger partial charge in [-0.2, -0.15) is 0 Å². The lowest BCUT2D eigenvalue weighted by atomic mass is 10.0. The Hall–Kier alpha value is -2.60. The topological polar surface area (TPSA) is 63.7 Å². The first-order valence-electron chi connectivity index (χ1n) is 8.42. The summed E-state index contributed by atoms with van der Waals surface area (Å²) >= 11 is 0.843. The molecule has 2 aromatic rings. The summed E-state index contributed by atoms with van der Waals surface area (Å²) in [6, 6.07) is 13.6. The van der Waals surface area contributed by atoms with E-state index in [1.54, 1.807) is 13.0 Å². The molecule has 6 heteroatoms. The lowest BCUT2D eigenvalue weighted by Gasteiger charge is -2.14. The fourth-order valence-electron chi connectivity index (χ4n) is 2.63. The third-order valence-electron chi connectivity index (χ3n) is 4.18. The summed E-state index contributed by atoms with van der Waals surface area (Å²) in [7, 11) is 0. The summed E-state index contributed by atoms with van der Waals surface area (Å²) in [5.41, 5.74) is 0.857. The van der Waals surface area contributed by atoms with Crippen LogP contribution in [0.5, 0.6) is 0 Å². The third kappa shape index (κ3) is 3.80. The Morgan fingerprint density at radius 1 is 1.19 bits per heavy atom. The number of hydrogen-bond donors (Lipinski definition) is 0. The number of fused-ring (bicyclic) bond motifs is 1. The predicted molar refractivity (Wildman–Crippen MR) is 102 cm³/mol. The van der Waals surface area contributed by atoms with Crippen LogP contribution >= 0.6 is 11.8 Å². The van der Waals surface area contributed by atoms with Gasteiger partial charge in [0.1, 0.15) is 6.54 Å². The zero-order chi connectivity index (χ0) is 18.7. The van der Waals surface area contributed by atoms with Crippen molar-refractivity contribution < 1.29 is 19.1 Å². The first-order chi connectivity index (χ1) is 12.5. The van der Waals surface area contributed by atoms with Gasteiger partial charge in [0, 0.05) is 0 Å². The highest BCUT2D eigenvalue weighted by atomic mass is 32.2. The molecule has 0 N–H and O–H groups in total. The van der Waals surface area contributed by atoms with Crippen LogP contribution in [0.3, 0.4) is 0 Å². The lowest BCUT2D eigenvalue weighted by molar-refractivity contribution is -0.150. The van der Waals surface area contributed by atoms with Gasteiger partial charge >= 0.3 is 5.97 Å². The van der Waals surface area contributed by atoms with Crippen molar-refractivity contribution in [2.75, 3.05) is 6.54 Å². The fourth-order valence-corrected chi connectivity index (χ4v) is 3.46. The van der Waals surface area contributed by atoms with E-state index in [0.29, 0.717) is 11.3 Å². The summed E-state index contributed by atoms with van der Waals surface area (Å²) in [4.78, 5) is 37.9. The number of hydrogen-bond acceptors (Lipinski definition) is 5. The zero-order valence-electron chi connectivity index (χ0n) is 14.6. The van der Waals surface area contributed by atoms with Crippen LogP contribution in [0, 0.1) is 0 Å². The average molecular weight is 369 g/mol. The molecule has 0 saturated carbocycles. The van der Waals surface area contributed by atoms with Gasteiger partial charge in [0.2, 0.25) is 0 Å². The SMILES string of the molecule is CC[C@H](C)OC(=O)CN1C(=O)S/C(=C/c2cccc3ccccc23)C1=O. The fraction of sp³-hybridized carbons (Fsp3) is 0.250. The molecule has 2 amide bonds. The maximum atomic E-state index is 12.6. The number of carbonyl (C=O) groups excluding carboxylic acids is 3. The van der Waals surface area contributed by atoms with Crippen LogP contribution in [0.25, 0.3) is 16.8 Å². The molecule has 0 unspecified atom stereocenters. The Morgan fingerprint density at radius 2 is 1.92 bits per heavy atom. The van der Waals surface area contributed by atoms with Gasteiger partial charge in [-0.05, 0) is 47.5 Å². The highest BCUT2D eigenvalue weighted by molar-refractivity contribution is 8.18. The minimum absolute atomic E-state index is 0.242. The first kappa shape index (κ1) is 18.2. The van der Waals surface area contributed by atoms with Crippen molar-refractivity contribution in [3.05, 3.63) is 52.9 Å². The van der Waals surface area contributed by atoms with Gasteiger partial charge in [-0.3, -0.25) is 19.3 Å². The van der Waals surface area contributed by atoms with Crippen LogP contribution in [0.15, 0.2) is 47.4 Å². The second kappa shape index (κ2) is 7.74. The molecule has 5 nitrogen and oxygen atoms in total. The zero-order valence-corrected chi connectivity index (χ0v) is 15.4. The summed E-state index contributed by atoms with van der Waals surface area (Å²) in [6.07, 6.45) is 2.13. The minimum Gasteiger partial charge on any atom is -0.461 e. The summed E-state index contributed by atoms with van der Waals surface area (Å²) in [5, 5.41) is 1.60. The third-order valence-corrected chi connectivity index (χ3v) is 5.09. The first-order valence-corrected chi connectivity index (χ1v) is 9.24. The number of imide groups is 1. The maximum absolute atomic E-state index is 12.6. The molecule has 0 aromatic heterocycles. The Balaban J connectivity index is 1.82. The number of benzene rings is 2. The molecule has 1 saturated heterocycles. The summed E-state index contributed by atoms with van der Waals surface area (Å²) in [5.74, 6) is -1.04. The van der Waals surface area contributed by atoms with Gasteiger partial charge < -0.3 is 4.74 Å². The second-order valence-corrected chi connectivity index (χ2v) is 7.04. The average Bonchev–Trinajstić information content (AvgIpc) is 2.89. The molecule has 1 aliphatic rings. The van der Waals surface area contributed by atoms with E-state index in [9.17, 15) is 14.4 Å². The largest absolute Gasteiger partial charge is 0.461 e. The van der Waals surface area contributed by atoms with Crippen molar-refractivity contribution in [2.24, 2.45) is 0 Å². The van der Waals surface area contributed by atoms with E-state index in [1.807, 2.05) is 49.4 Å². The monoisotopic (exact) mass is 369 g/mol. The number of nitrogens with zero attached hydrogens (tertiary/aromatic N) is 1. The molecule has 0 spiro atoms. The lowest BCUT2D eigenvalue weighted by Crippen LogP contribution is -2.35. The van der Waals surface area contributed by atoms with Crippen molar-refractivity contribution in [2.45, 2.75) is 26.4 Å². The van der Waals surface area contributed by atoms with E-state index in [1.165, 1.54) is 0 Å². The van der Waals surface area contributed by atoms with Crippen molar-refractivity contribution in [3.63, 3.8) is 0 Å². The number of esters is 1. The molecule has 1 aliphatic heterocycles. The molecule has 2 aromatic carbocycles. The van der Waals surface area contributed by atoms with Gasteiger partial charge in [0.25, 0.3) is 11.1 Å². The van der Waals surface area contributed by atoms with Crippen LogP contribution in [0.2, 0.25) is 0 Å². The summed E-state index contributed by atoms with van der Waals surface area (Å²) in [6.45, 7) is 3.30.